The van der Waals surface area contributed by atoms with Gasteiger partial charge in [0.05, 0.1) is 6.10 Å². The molecule has 0 aromatic carbocycles. The van der Waals surface area contributed by atoms with E-state index in [9.17, 15) is 0 Å². The number of nitrogens with two attached hydrogens (primary N) is 1. The summed E-state index contributed by atoms with van der Waals surface area (Å²) in [6, 6.07) is 4.11. The number of pyridine rings is 1. The molecule has 1 atom stereocenters. The minimum atomic E-state index is 0.344. The van der Waals surface area contributed by atoms with Crippen LogP contribution in [0.4, 0.5) is 5.82 Å². The molecule has 4 nitrogen and oxygen atoms in total. The fourth-order valence-electron chi connectivity index (χ4n) is 2.57. The van der Waals surface area contributed by atoms with Crippen LogP contribution in [0.5, 0.6) is 0 Å². The summed E-state index contributed by atoms with van der Waals surface area (Å²) >= 11 is 0. The minimum Gasteiger partial charge on any atom is -0.377 e. The molecule has 1 aromatic rings. The van der Waals surface area contributed by atoms with E-state index in [4.69, 9.17) is 10.5 Å². The summed E-state index contributed by atoms with van der Waals surface area (Å²) in [5.41, 5.74) is 6.91. The zero-order chi connectivity index (χ0) is 12.8. The second-order valence-electron chi connectivity index (χ2n) is 4.69. The highest BCUT2D eigenvalue weighted by Gasteiger charge is 2.22. The maximum absolute atomic E-state index is 5.74. The molecule has 1 aliphatic heterocycles. The molecule has 4 heteroatoms. The third kappa shape index (κ3) is 3.21. The Kier molecular flexibility index (Phi) is 4.96. The lowest BCUT2D eigenvalue weighted by molar-refractivity contribution is 0.0525. The second kappa shape index (κ2) is 6.71. The Labute approximate surface area is 109 Å². The van der Waals surface area contributed by atoms with Gasteiger partial charge in [-0.1, -0.05) is 6.07 Å². The number of ether oxygens (including phenoxy) is 1. The Morgan fingerprint density at radius 1 is 1.56 bits per heavy atom. The van der Waals surface area contributed by atoms with Crippen molar-refractivity contribution in [3.05, 3.63) is 23.9 Å². The molecule has 1 aliphatic rings. The van der Waals surface area contributed by atoms with Gasteiger partial charge in [0.25, 0.3) is 0 Å². The molecule has 18 heavy (non-hydrogen) atoms. The predicted octanol–water partition coefficient (Wildman–Crippen LogP) is 1.59. The molecular weight excluding hydrogens is 226 g/mol. The third-order valence-corrected chi connectivity index (χ3v) is 3.36. The van der Waals surface area contributed by atoms with Gasteiger partial charge in [-0.3, -0.25) is 0 Å². The van der Waals surface area contributed by atoms with Crippen molar-refractivity contribution >= 4 is 5.82 Å². The van der Waals surface area contributed by atoms with Gasteiger partial charge in [-0.05, 0) is 44.4 Å². The van der Waals surface area contributed by atoms with Crippen LogP contribution in [0.25, 0.3) is 0 Å². The van der Waals surface area contributed by atoms with Crippen molar-refractivity contribution in [2.45, 2.75) is 32.3 Å². The molecule has 1 aromatic heterocycles. The maximum atomic E-state index is 5.74. The first kappa shape index (κ1) is 13.3. The van der Waals surface area contributed by atoms with Crippen molar-refractivity contribution in [1.29, 1.82) is 0 Å². The molecule has 2 rings (SSSR count). The Morgan fingerprint density at radius 3 is 3.22 bits per heavy atom. The SMILES string of the molecule is CCOC1CCCN(c2ncccc2CCN)C1. The molecule has 1 unspecified atom stereocenters. The number of rotatable bonds is 5. The van der Waals surface area contributed by atoms with E-state index in [1.165, 1.54) is 12.0 Å². The lowest BCUT2D eigenvalue weighted by Crippen LogP contribution is -2.40. The molecule has 0 saturated carbocycles. The first-order valence-electron chi connectivity index (χ1n) is 6.85. The van der Waals surface area contributed by atoms with Gasteiger partial charge >= 0.3 is 0 Å². The first-order chi connectivity index (χ1) is 8.85. The molecule has 1 saturated heterocycles. The summed E-state index contributed by atoms with van der Waals surface area (Å²) in [6.07, 6.45) is 5.42. The molecule has 2 heterocycles. The van der Waals surface area contributed by atoms with Gasteiger partial charge in [0.15, 0.2) is 0 Å². The topological polar surface area (TPSA) is 51.4 Å². The highest BCUT2D eigenvalue weighted by Crippen LogP contribution is 2.23. The minimum absolute atomic E-state index is 0.344. The van der Waals surface area contributed by atoms with Crippen LogP contribution >= 0.6 is 0 Å². The normalized spacial score (nSPS) is 20.1. The van der Waals surface area contributed by atoms with Crippen LogP contribution in [-0.2, 0) is 11.2 Å². The second-order valence-corrected chi connectivity index (χ2v) is 4.69. The summed E-state index contributed by atoms with van der Waals surface area (Å²) in [5.74, 6) is 1.09. The molecule has 100 valence electrons. The number of aromatic nitrogens is 1. The highest BCUT2D eigenvalue weighted by atomic mass is 16.5. The van der Waals surface area contributed by atoms with E-state index in [0.717, 1.165) is 38.4 Å². The fraction of sp³-hybridized carbons (Fsp3) is 0.643. The summed E-state index contributed by atoms with van der Waals surface area (Å²) in [6.45, 7) is 5.53. The molecular formula is C14H23N3O. The van der Waals surface area contributed by atoms with Gasteiger partial charge in [-0.15, -0.1) is 0 Å². The molecule has 0 radical (unpaired) electrons. The smallest absolute Gasteiger partial charge is 0.131 e. The zero-order valence-electron chi connectivity index (χ0n) is 11.1. The largest absolute Gasteiger partial charge is 0.377 e. The van der Waals surface area contributed by atoms with Crippen molar-refractivity contribution in [1.82, 2.24) is 4.98 Å². The lowest BCUT2D eigenvalue weighted by Gasteiger charge is -2.34. The maximum Gasteiger partial charge on any atom is 0.131 e. The van der Waals surface area contributed by atoms with E-state index in [1.54, 1.807) is 0 Å². The fourth-order valence-corrected chi connectivity index (χ4v) is 2.57. The molecule has 1 fully saturated rings. The van der Waals surface area contributed by atoms with Gasteiger partial charge in [0.2, 0.25) is 0 Å². The molecule has 0 amide bonds. The Morgan fingerprint density at radius 2 is 2.44 bits per heavy atom. The number of nitrogens with zero attached hydrogens (tertiary/aromatic N) is 2. The van der Waals surface area contributed by atoms with Crippen LogP contribution in [0.2, 0.25) is 0 Å². The lowest BCUT2D eigenvalue weighted by atomic mass is 10.1. The van der Waals surface area contributed by atoms with E-state index < -0.39 is 0 Å². The van der Waals surface area contributed by atoms with Gasteiger partial charge < -0.3 is 15.4 Å². The average Bonchev–Trinajstić information content (AvgIpc) is 2.40. The van der Waals surface area contributed by atoms with E-state index in [-0.39, 0.29) is 0 Å². The van der Waals surface area contributed by atoms with Crippen LogP contribution in [-0.4, -0.2) is 37.3 Å². The summed E-state index contributed by atoms with van der Waals surface area (Å²) < 4.78 is 5.74. The van der Waals surface area contributed by atoms with E-state index in [1.807, 2.05) is 12.3 Å². The van der Waals surface area contributed by atoms with Gasteiger partial charge in [0.1, 0.15) is 5.82 Å². The molecule has 0 spiro atoms. The van der Waals surface area contributed by atoms with E-state index >= 15 is 0 Å². The van der Waals surface area contributed by atoms with Gasteiger partial charge in [0, 0.05) is 25.9 Å². The standard InChI is InChI=1S/C14H23N3O/c1-2-18-13-6-4-10-17(11-13)14-12(7-8-15)5-3-9-16-14/h3,5,9,13H,2,4,6-8,10-11,15H2,1H3. The van der Waals surface area contributed by atoms with Crippen LogP contribution in [0.15, 0.2) is 18.3 Å². The summed E-state index contributed by atoms with van der Waals surface area (Å²) in [4.78, 5) is 6.87. The van der Waals surface area contributed by atoms with E-state index in [0.29, 0.717) is 12.6 Å². The zero-order valence-corrected chi connectivity index (χ0v) is 11.1. The quantitative estimate of drug-likeness (QED) is 0.861. The van der Waals surface area contributed by atoms with Crippen molar-refractivity contribution in [3.8, 4) is 0 Å². The van der Waals surface area contributed by atoms with Gasteiger partial charge in [-0.25, -0.2) is 4.98 Å². The number of anilines is 1. The van der Waals surface area contributed by atoms with Crippen LogP contribution in [0, 0.1) is 0 Å². The molecule has 0 aliphatic carbocycles. The Balaban J connectivity index is 2.10. The number of hydrogen-bond acceptors (Lipinski definition) is 4. The van der Waals surface area contributed by atoms with Gasteiger partial charge in [-0.2, -0.15) is 0 Å². The molecule has 0 bridgehead atoms. The van der Waals surface area contributed by atoms with Crippen LogP contribution < -0.4 is 10.6 Å². The summed E-state index contributed by atoms with van der Waals surface area (Å²) in [7, 11) is 0. The third-order valence-electron chi connectivity index (χ3n) is 3.36. The first-order valence-corrected chi connectivity index (χ1v) is 6.85. The number of hydrogen-bond donors (Lipinski definition) is 1. The summed E-state index contributed by atoms with van der Waals surface area (Å²) in [5, 5.41) is 0. The predicted molar refractivity (Wildman–Crippen MR) is 73.9 cm³/mol. The Bertz CT molecular complexity index is 368. The van der Waals surface area contributed by atoms with Crippen molar-refractivity contribution in [2.75, 3.05) is 31.1 Å². The highest BCUT2D eigenvalue weighted by molar-refractivity contribution is 5.47. The molecule has 2 N–H and O–H groups in total. The number of piperidine rings is 1. The Hall–Kier alpha value is -1.13. The van der Waals surface area contributed by atoms with Crippen molar-refractivity contribution < 1.29 is 4.74 Å². The van der Waals surface area contributed by atoms with Crippen LogP contribution in [0.1, 0.15) is 25.3 Å². The van der Waals surface area contributed by atoms with E-state index in [2.05, 4.69) is 22.9 Å². The van der Waals surface area contributed by atoms with Crippen LogP contribution in [0.3, 0.4) is 0 Å². The average molecular weight is 249 g/mol. The monoisotopic (exact) mass is 249 g/mol. The van der Waals surface area contributed by atoms with Crippen molar-refractivity contribution in [2.24, 2.45) is 5.73 Å². The van der Waals surface area contributed by atoms with Crippen molar-refractivity contribution in [3.63, 3.8) is 0 Å².